The fourth-order valence-corrected chi connectivity index (χ4v) is 7.93. The molecule has 210 valence electrons. The monoisotopic (exact) mass is 562 g/mol. The van der Waals surface area contributed by atoms with Crippen molar-refractivity contribution in [2.45, 2.75) is 56.5 Å². The van der Waals surface area contributed by atoms with Gasteiger partial charge in [-0.3, -0.25) is 14.4 Å². The van der Waals surface area contributed by atoms with Crippen molar-refractivity contribution in [3.05, 3.63) is 46.6 Å². The maximum Gasteiger partial charge on any atom is 0.313 e. The highest BCUT2D eigenvalue weighted by molar-refractivity contribution is 7.18. The molecule has 3 fully saturated rings. The Morgan fingerprint density at radius 2 is 2.02 bits per heavy atom. The molecule has 1 aliphatic carbocycles. The summed E-state index contributed by atoms with van der Waals surface area (Å²) in [6.45, 7) is 3.62. The molecular weight excluding hydrogens is 528 g/mol. The van der Waals surface area contributed by atoms with E-state index in [0.717, 1.165) is 35.2 Å². The highest BCUT2D eigenvalue weighted by Gasteiger charge is 2.50. The molecule has 1 unspecified atom stereocenters. The highest BCUT2D eigenvalue weighted by Crippen LogP contribution is 2.50. The number of hydrogen-bond donors (Lipinski definition) is 2. The Morgan fingerprint density at radius 1 is 1.20 bits per heavy atom. The molecule has 2 aromatic heterocycles. The highest BCUT2D eigenvalue weighted by atomic mass is 32.1. The number of methoxy groups -OCH3 is 1. The van der Waals surface area contributed by atoms with Gasteiger partial charge in [0.05, 0.1) is 35.3 Å². The minimum Gasteiger partial charge on any atom is -0.480 e. The lowest BCUT2D eigenvalue weighted by atomic mass is 9.88. The smallest absolute Gasteiger partial charge is 0.313 e. The van der Waals surface area contributed by atoms with E-state index in [1.165, 1.54) is 43.6 Å². The summed E-state index contributed by atoms with van der Waals surface area (Å²) in [5.74, 6) is -1.85. The number of nitrogens with zero attached hydrogens (tertiary/aromatic N) is 4. The number of hydrogen-bond acceptors (Lipinski definition) is 8. The van der Waals surface area contributed by atoms with E-state index in [1.807, 2.05) is 0 Å². The summed E-state index contributed by atoms with van der Waals surface area (Å²) in [5.41, 5.74) is 7.73. The number of fused-ring (bicyclic) bond motifs is 3. The second-order valence-corrected chi connectivity index (χ2v) is 12.6. The SMILES string of the molecule is COc1ncc(NC(=O)C(=O)N2C[C@@H](C)CC[C@@H]2c2ccc3sc([C@]45CCC(C4)N(C)C5)nc3c2)cc1C(N)=O. The molecular formula is C29H34N6O4S. The zero-order valence-electron chi connectivity index (χ0n) is 23.0. The third-order valence-corrected chi connectivity index (χ3v) is 10.1. The molecule has 1 aromatic carbocycles. The molecule has 0 spiro atoms. The van der Waals surface area contributed by atoms with Crippen molar-refractivity contribution in [1.82, 2.24) is 19.8 Å². The van der Waals surface area contributed by atoms with Gasteiger partial charge in [0, 0.05) is 24.5 Å². The number of thiazole rings is 1. The number of aromatic nitrogens is 2. The molecule has 10 nitrogen and oxygen atoms in total. The number of benzene rings is 1. The summed E-state index contributed by atoms with van der Waals surface area (Å²) < 4.78 is 6.21. The molecule has 2 saturated heterocycles. The Hall–Kier alpha value is -3.57. The van der Waals surface area contributed by atoms with E-state index in [9.17, 15) is 14.4 Å². The second kappa shape index (κ2) is 10.1. The molecule has 40 heavy (non-hydrogen) atoms. The van der Waals surface area contributed by atoms with Crippen LogP contribution < -0.4 is 15.8 Å². The van der Waals surface area contributed by atoms with Crippen LogP contribution in [0.3, 0.4) is 0 Å². The summed E-state index contributed by atoms with van der Waals surface area (Å²) in [7, 11) is 3.58. The van der Waals surface area contributed by atoms with Crippen LogP contribution in [-0.4, -0.2) is 70.8 Å². The molecule has 0 radical (unpaired) electrons. The first-order chi connectivity index (χ1) is 19.2. The van der Waals surface area contributed by atoms with Crippen molar-refractivity contribution in [3.8, 4) is 5.88 Å². The Kier molecular flexibility index (Phi) is 6.74. The van der Waals surface area contributed by atoms with Crippen LogP contribution >= 0.6 is 11.3 Å². The predicted octanol–water partition coefficient (Wildman–Crippen LogP) is 3.47. The van der Waals surface area contributed by atoms with E-state index in [2.05, 4.69) is 47.4 Å². The van der Waals surface area contributed by atoms with Gasteiger partial charge in [-0.25, -0.2) is 9.97 Å². The van der Waals surface area contributed by atoms with Crippen molar-refractivity contribution < 1.29 is 19.1 Å². The lowest BCUT2D eigenvalue weighted by Gasteiger charge is -2.38. The maximum absolute atomic E-state index is 13.5. The summed E-state index contributed by atoms with van der Waals surface area (Å²) in [5, 5.41) is 3.81. The summed E-state index contributed by atoms with van der Waals surface area (Å²) in [6, 6.07) is 8.08. The topological polar surface area (TPSA) is 131 Å². The third-order valence-electron chi connectivity index (χ3n) is 8.85. The first-order valence-corrected chi connectivity index (χ1v) is 14.6. The van der Waals surface area contributed by atoms with Crippen molar-refractivity contribution in [2.75, 3.05) is 32.6 Å². The Morgan fingerprint density at radius 3 is 2.73 bits per heavy atom. The van der Waals surface area contributed by atoms with Gasteiger partial charge in [0.25, 0.3) is 5.91 Å². The molecule has 11 heteroatoms. The zero-order valence-corrected chi connectivity index (χ0v) is 23.8. The maximum atomic E-state index is 13.5. The molecule has 1 saturated carbocycles. The molecule has 4 heterocycles. The van der Waals surface area contributed by atoms with E-state index in [4.69, 9.17) is 15.5 Å². The van der Waals surface area contributed by atoms with Crippen LogP contribution in [0.25, 0.3) is 10.2 Å². The molecule has 3 amide bonds. The Balaban J connectivity index is 1.24. The van der Waals surface area contributed by atoms with E-state index in [-0.39, 0.29) is 34.5 Å². The van der Waals surface area contributed by atoms with Crippen LogP contribution in [0, 0.1) is 5.92 Å². The zero-order chi connectivity index (χ0) is 28.2. The minimum absolute atomic E-state index is 0.0186. The molecule has 6 rings (SSSR count). The van der Waals surface area contributed by atoms with Gasteiger partial charge in [0.15, 0.2) is 0 Å². The number of likely N-dealkylation sites (N-methyl/N-ethyl adjacent to an activating group) is 1. The number of likely N-dealkylation sites (tertiary alicyclic amines) is 2. The number of piperidine rings is 2. The molecule has 4 atom stereocenters. The number of nitrogens with one attached hydrogen (secondary N) is 1. The van der Waals surface area contributed by atoms with Gasteiger partial charge in [-0.1, -0.05) is 13.0 Å². The summed E-state index contributed by atoms with van der Waals surface area (Å²) in [4.78, 5) is 51.6. The number of carbonyl (C=O) groups excluding carboxylic acids is 3. The van der Waals surface area contributed by atoms with E-state index < -0.39 is 17.7 Å². The Bertz CT molecular complexity index is 1500. The van der Waals surface area contributed by atoms with Crippen LogP contribution in [0.15, 0.2) is 30.5 Å². The van der Waals surface area contributed by atoms with Crippen molar-refractivity contribution >= 4 is 45.0 Å². The van der Waals surface area contributed by atoms with Gasteiger partial charge < -0.3 is 25.6 Å². The second-order valence-electron chi connectivity index (χ2n) is 11.6. The average molecular weight is 563 g/mol. The normalized spacial score (nSPS) is 26.3. The third kappa shape index (κ3) is 4.60. The fraction of sp³-hybridized carbons (Fsp3) is 0.483. The fourth-order valence-electron chi connectivity index (χ4n) is 6.76. The van der Waals surface area contributed by atoms with Gasteiger partial charge in [0.1, 0.15) is 10.6 Å². The number of pyridine rings is 1. The Labute approximate surface area is 236 Å². The van der Waals surface area contributed by atoms with E-state index in [1.54, 1.807) is 16.2 Å². The largest absolute Gasteiger partial charge is 0.480 e. The number of amides is 3. The molecule has 3 aromatic rings. The lowest BCUT2D eigenvalue weighted by molar-refractivity contribution is -0.146. The minimum atomic E-state index is -0.793. The van der Waals surface area contributed by atoms with Gasteiger partial charge in [0.2, 0.25) is 5.88 Å². The molecule has 2 bridgehead atoms. The molecule has 2 aliphatic heterocycles. The van der Waals surface area contributed by atoms with Gasteiger partial charge >= 0.3 is 11.8 Å². The summed E-state index contributed by atoms with van der Waals surface area (Å²) in [6.07, 6.45) is 6.64. The number of rotatable bonds is 5. The van der Waals surface area contributed by atoms with Crippen LogP contribution in [0.4, 0.5) is 5.69 Å². The quantitative estimate of drug-likeness (QED) is 0.455. The number of anilines is 1. The first-order valence-electron chi connectivity index (χ1n) is 13.7. The van der Waals surface area contributed by atoms with Crippen molar-refractivity contribution in [1.29, 1.82) is 0 Å². The van der Waals surface area contributed by atoms with E-state index >= 15 is 0 Å². The standard InChI is InChI=1S/C29H34N6O4S/c1-16-4-6-22(35(14-16)27(38)25(37)32-18-11-20(24(30)36)26(39-3)31-13-18)17-5-7-23-21(10-17)33-28(40-23)29-9-8-19(12-29)34(2)15-29/h5,7,10-11,13,16,19,22H,4,6,8-9,12,14-15H2,1-3H3,(H2,30,36)(H,32,37)/t16-,19?,22+,29+/m0/s1. The number of primary amides is 1. The number of carbonyl (C=O) groups is 3. The van der Waals surface area contributed by atoms with E-state index in [0.29, 0.717) is 12.6 Å². The number of nitrogens with two attached hydrogens (primary N) is 1. The van der Waals surface area contributed by atoms with Crippen LogP contribution in [0.2, 0.25) is 0 Å². The van der Waals surface area contributed by atoms with Crippen LogP contribution in [-0.2, 0) is 15.0 Å². The van der Waals surface area contributed by atoms with Crippen LogP contribution in [0.5, 0.6) is 5.88 Å². The predicted molar refractivity (Wildman–Crippen MR) is 152 cm³/mol. The van der Waals surface area contributed by atoms with Crippen molar-refractivity contribution in [3.63, 3.8) is 0 Å². The number of ether oxygens (including phenoxy) is 1. The van der Waals surface area contributed by atoms with Gasteiger partial charge in [-0.05, 0) is 68.8 Å². The van der Waals surface area contributed by atoms with Crippen molar-refractivity contribution in [2.24, 2.45) is 11.7 Å². The van der Waals surface area contributed by atoms with Crippen LogP contribution in [0.1, 0.15) is 66.0 Å². The first kappa shape index (κ1) is 26.6. The molecule has 3 aliphatic rings. The average Bonchev–Trinajstić information content (AvgIpc) is 3.65. The van der Waals surface area contributed by atoms with Gasteiger partial charge in [-0.2, -0.15) is 0 Å². The van der Waals surface area contributed by atoms with Gasteiger partial charge in [-0.15, -0.1) is 11.3 Å². The molecule has 3 N–H and O–H groups in total. The summed E-state index contributed by atoms with van der Waals surface area (Å²) >= 11 is 1.79. The lowest BCUT2D eigenvalue weighted by Crippen LogP contribution is -2.46.